The highest BCUT2D eigenvalue weighted by Gasteiger charge is 2.20. The van der Waals surface area contributed by atoms with Crippen LogP contribution in [0.3, 0.4) is 0 Å². The number of aliphatic hydroxyl groups is 1. The summed E-state index contributed by atoms with van der Waals surface area (Å²) in [5, 5.41) is 18.9. The van der Waals surface area contributed by atoms with Crippen molar-refractivity contribution in [1.82, 2.24) is 0 Å². The first kappa shape index (κ1) is 27.9. The summed E-state index contributed by atoms with van der Waals surface area (Å²) in [4.78, 5) is 0. The van der Waals surface area contributed by atoms with Crippen LogP contribution in [0.15, 0.2) is 36.4 Å². The molecule has 0 aliphatic carbocycles. The lowest BCUT2D eigenvalue weighted by atomic mass is 9.82. The molecule has 0 saturated carbocycles. The van der Waals surface area contributed by atoms with Crippen LogP contribution in [0.2, 0.25) is 0 Å². The second kappa shape index (κ2) is 11.7. The average Bonchev–Trinajstić information content (AvgIpc) is 2.83. The van der Waals surface area contributed by atoms with E-state index in [1.807, 2.05) is 6.92 Å². The Hall–Kier alpha value is -2.16. The van der Waals surface area contributed by atoms with Gasteiger partial charge in [0.05, 0.1) is 6.61 Å². The van der Waals surface area contributed by atoms with Gasteiger partial charge in [0.2, 0.25) is 0 Å². The summed E-state index contributed by atoms with van der Waals surface area (Å²) in [7, 11) is 0. The molecule has 0 fully saturated rings. The molecule has 2 atom stereocenters. The fraction of sp³-hybridized carbons (Fsp3) is 0.543. The van der Waals surface area contributed by atoms with Crippen LogP contribution >= 0.6 is 0 Å². The third kappa shape index (κ3) is 5.96. The van der Waals surface area contributed by atoms with Crippen LogP contribution in [-0.4, -0.2) is 18.0 Å². The molecule has 2 nitrogen and oxygen atoms in total. The van der Waals surface area contributed by atoms with Crippen molar-refractivity contribution >= 4 is 32.3 Å². The van der Waals surface area contributed by atoms with Crippen molar-refractivity contribution in [3.8, 4) is 0 Å². The fourth-order valence-electron chi connectivity index (χ4n) is 5.99. The molecule has 37 heavy (non-hydrogen) atoms. The zero-order valence-corrected chi connectivity index (χ0v) is 24.4. The van der Waals surface area contributed by atoms with Gasteiger partial charge in [0.1, 0.15) is 0 Å². The highest BCUT2D eigenvalue weighted by Crippen LogP contribution is 2.42. The Bertz CT molecular complexity index is 1300. The Kier molecular flexibility index (Phi) is 8.81. The molecule has 2 heteroatoms. The number of ether oxygens (including phenoxy) is 1. The highest BCUT2D eigenvalue weighted by atomic mass is 16.6. The van der Waals surface area contributed by atoms with Gasteiger partial charge < -0.3 is 9.84 Å². The first-order valence-electron chi connectivity index (χ1n) is 14.6. The van der Waals surface area contributed by atoms with Gasteiger partial charge in [0.15, 0.2) is 6.29 Å². The Morgan fingerprint density at radius 1 is 0.622 bits per heavy atom. The van der Waals surface area contributed by atoms with E-state index in [9.17, 15) is 5.11 Å². The first-order chi connectivity index (χ1) is 17.6. The van der Waals surface area contributed by atoms with Crippen molar-refractivity contribution in [2.75, 3.05) is 6.61 Å². The van der Waals surface area contributed by atoms with Crippen molar-refractivity contribution in [2.45, 2.75) is 93.8 Å². The topological polar surface area (TPSA) is 29.5 Å². The number of hydrogen-bond donors (Lipinski definition) is 1. The SMILES string of the molecule is CCC(C)C(O)OCCc1cc(CC(C)C)c2ccc3c(CC(C)C)cc(CC(C)C)c4ccc1c2c43. The van der Waals surface area contributed by atoms with E-state index >= 15 is 0 Å². The molecule has 4 aromatic carbocycles. The standard InChI is InChI=1S/C35H48O2/c1-9-24(8)35(36)37-15-14-25-19-26(16-21(2)3)30-12-13-32-28(18-23(6)7)20-27(17-22(4)5)31-11-10-29(25)33(30)34(31)32/h10-13,19-24,35-36H,9,14-18H2,1-8H3. The van der Waals surface area contributed by atoms with E-state index in [2.05, 4.69) is 84.9 Å². The van der Waals surface area contributed by atoms with Gasteiger partial charge in [-0.25, -0.2) is 0 Å². The van der Waals surface area contributed by atoms with Crippen molar-refractivity contribution in [3.63, 3.8) is 0 Å². The summed E-state index contributed by atoms with van der Waals surface area (Å²) in [5.41, 5.74) is 5.76. The van der Waals surface area contributed by atoms with Crippen LogP contribution in [-0.2, 0) is 30.4 Å². The lowest BCUT2D eigenvalue weighted by molar-refractivity contribution is -0.129. The van der Waals surface area contributed by atoms with Crippen LogP contribution in [0.25, 0.3) is 32.3 Å². The highest BCUT2D eigenvalue weighted by molar-refractivity contribution is 6.25. The Morgan fingerprint density at radius 3 is 1.38 bits per heavy atom. The zero-order chi connectivity index (χ0) is 26.9. The van der Waals surface area contributed by atoms with Crippen molar-refractivity contribution in [1.29, 1.82) is 0 Å². The van der Waals surface area contributed by atoms with E-state index in [0.717, 1.165) is 32.1 Å². The molecular formula is C35H48O2. The summed E-state index contributed by atoms with van der Waals surface area (Å²) in [6.45, 7) is 18.6. The predicted octanol–water partition coefficient (Wildman–Crippen LogP) is 9.10. The summed E-state index contributed by atoms with van der Waals surface area (Å²) in [5.74, 6) is 1.97. The molecule has 0 radical (unpaired) electrons. The van der Waals surface area contributed by atoms with Gasteiger partial charge in [-0.2, -0.15) is 0 Å². The van der Waals surface area contributed by atoms with Gasteiger partial charge in [-0.05, 0) is 104 Å². The Morgan fingerprint density at radius 2 is 1.00 bits per heavy atom. The monoisotopic (exact) mass is 500 g/mol. The van der Waals surface area contributed by atoms with E-state index in [4.69, 9.17) is 4.74 Å². The van der Waals surface area contributed by atoms with Gasteiger partial charge in [-0.15, -0.1) is 0 Å². The fourth-order valence-corrected chi connectivity index (χ4v) is 5.99. The number of aliphatic hydroxyl groups excluding tert-OH is 1. The van der Waals surface area contributed by atoms with E-state index in [1.165, 1.54) is 54.6 Å². The van der Waals surface area contributed by atoms with Crippen molar-refractivity contribution in [3.05, 3.63) is 58.7 Å². The lowest BCUT2D eigenvalue weighted by Gasteiger charge is -2.23. The van der Waals surface area contributed by atoms with Gasteiger partial charge in [0.25, 0.3) is 0 Å². The molecule has 4 rings (SSSR count). The van der Waals surface area contributed by atoms with Crippen LogP contribution in [0.1, 0.15) is 84.1 Å². The maximum Gasteiger partial charge on any atom is 0.157 e. The molecule has 0 aromatic heterocycles. The van der Waals surface area contributed by atoms with Crippen LogP contribution in [0.5, 0.6) is 0 Å². The molecule has 4 aromatic rings. The van der Waals surface area contributed by atoms with E-state index in [1.54, 1.807) is 0 Å². The summed E-state index contributed by atoms with van der Waals surface area (Å²) < 4.78 is 5.89. The van der Waals surface area contributed by atoms with Crippen molar-refractivity contribution < 1.29 is 9.84 Å². The second-order valence-electron chi connectivity index (χ2n) is 12.7. The molecule has 0 bridgehead atoms. The summed E-state index contributed by atoms with van der Waals surface area (Å²) in [6.07, 6.45) is 4.30. The molecule has 0 spiro atoms. The van der Waals surface area contributed by atoms with Gasteiger partial charge in [0, 0.05) is 5.92 Å². The van der Waals surface area contributed by atoms with Gasteiger partial charge in [-0.3, -0.25) is 0 Å². The van der Waals surface area contributed by atoms with Gasteiger partial charge >= 0.3 is 0 Å². The average molecular weight is 501 g/mol. The Balaban J connectivity index is 1.94. The summed E-state index contributed by atoms with van der Waals surface area (Å²) in [6, 6.07) is 14.4. The largest absolute Gasteiger partial charge is 0.368 e. The van der Waals surface area contributed by atoms with E-state index in [-0.39, 0.29) is 5.92 Å². The van der Waals surface area contributed by atoms with Crippen LogP contribution in [0.4, 0.5) is 0 Å². The third-order valence-electron chi connectivity index (χ3n) is 7.92. The molecule has 0 heterocycles. The minimum Gasteiger partial charge on any atom is -0.368 e. The minimum atomic E-state index is -0.697. The number of rotatable bonds is 12. The quantitative estimate of drug-likeness (QED) is 0.155. The third-order valence-corrected chi connectivity index (χ3v) is 7.92. The second-order valence-corrected chi connectivity index (χ2v) is 12.7. The van der Waals surface area contributed by atoms with Crippen LogP contribution < -0.4 is 0 Å². The normalized spacial score (nSPS) is 14.3. The van der Waals surface area contributed by atoms with Crippen molar-refractivity contribution in [2.24, 2.45) is 23.7 Å². The molecule has 200 valence electrons. The molecule has 0 saturated heterocycles. The predicted molar refractivity (Wildman–Crippen MR) is 161 cm³/mol. The molecule has 2 unspecified atom stereocenters. The molecule has 0 aliphatic rings. The van der Waals surface area contributed by atoms with E-state index in [0.29, 0.717) is 24.4 Å². The molecule has 0 amide bonds. The summed E-state index contributed by atoms with van der Waals surface area (Å²) >= 11 is 0. The lowest BCUT2D eigenvalue weighted by Crippen LogP contribution is -2.21. The number of benzene rings is 4. The Labute approximate surface area is 224 Å². The molecular weight excluding hydrogens is 452 g/mol. The molecule has 0 aliphatic heterocycles. The maximum atomic E-state index is 10.4. The van der Waals surface area contributed by atoms with Crippen LogP contribution in [0, 0.1) is 23.7 Å². The minimum absolute atomic E-state index is 0.150. The van der Waals surface area contributed by atoms with Gasteiger partial charge in [-0.1, -0.05) is 91.8 Å². The van der Waals surface area contributed by atoms with E-state index < -0.39 is 6.29 Å². The maximum absolute atomic E-state index is 10.4. The number of hydrogen-bond acceptors (Lipinski definition) is 2. The zero-order valence-electron chi connectivity index (χ0n) is 24.4. The molecule has 1 N–H and O–H groups in total. The smallest absolute Gasteiger partial charge is 0.157 e. The first-order valence-corrected chi connectivity index (χ1v) is 14.6.